The first-order valence-corrected chi connectivity index (χ1v) is 10.1. The van der Waals surface area contributed by atoms with Crippen molar-refractivity contribution in [3.63, 3.8) is 0 Å². The highest BCUT2D eigenvalue weighted by Crippen LogP contribution is 2.21. The molecule has 0 saturated carbocycles. The van der Waals surface area contributed by atoms with Crippen LogP contribution in [0.25, 0.3) is 0 Å². The Hall–Kier alpha value is -3.27. The van der Waals surface area contributed by atoms with Gasteiger partial charge in [-0.05, 0) is 30.2 Å². The predicted molar refractivity (Wildman–Crippen MR) is 109 cm³/mol. The summed E-state index contributed by atoms with van der Waals surface area (Å²) in [5, 5.41) is 9.49. The number of carboxylic acid groups (broad SMARTS) is 1. The molecule has 8 nitrogen and oxygen atoms in total. The first-order valence-electron chi connectivity index (χ1n) is 9.10. The number of rotatable bonds is 8. The molecule has 1 aromatic carbocycles. The summed E-state index contributed by atoms with van der Waals surface area (Å²) < 4.78 is 15.9. The van der Waals surface area contributed by atoms with Crippen LogP contribution in [0.4, 0.5) is 4.39 Å². The van der Waals surface area contributed by atoms with E-state index >= 15 is 0 Å². The summed E-state index contributed by atoms with van der Waals surface area (Å²) in [6.45, 7) is 1.89. The van der Waals surface area contributed by atoms with E-state index in [4.69, 9.17) is 0 Å². The van der Waals surface area contributed by atoms with E-state index < -0.39 is 11.5 Å². The van der Waals surface area contributed by atoms with Crippen LogP contribution in [0.1, 0.15) is 23.6 Å². The van der Waals surface area contributed by atoms with E-state index in [-0.39, 0.29) is 29.6 Å². The van der Waals surface area contributed by atoms with E-state index in [1.54, 1.807) is 25.3 Å². The van der Waals surface area contributed by atoms with Crippen molar-refractivity contribution in [3.05, 3.63) is 86.2 Å². The Labute approximate surface area is 175 Å². The standard InChI is InChI=1S/C20H19FN4O4S/c1-2-24-9-14(8-22-19(24)29)7-15-10-25(11-17(26)27)20(23-18(15)28)30-12-13-3-5-16(21)6-4-13/h3-6,8-10H,2,7,11-12H2,1H3,(H,26,27). The molecule has 1 N–H and O–H groups in total. The van der Waals surface area contributed by atoms with Gasteiger partial charge in [-0.3, -0.25) is 14.2 Å². The number of hydrogen-bond donors (Lipinski definition) is 1. The van der Waals surface area contributed by atoms with E-state index in [0.29, 0.717) is 23.4 Å². The zero-order valence-electron chi connectivity index (χ0n) is 16.1. The largest absolute Gasteiger partial charge is 0.480 e. The van der Waals surface area contributed by atoms with Crippen LogP contribution >= 0.6 is 11.8 Å². The monoisotopic (exact) mass is 430 g/mol. The third kappa shape index (κ3) is 5.41. The number of thioether (sulfide) groups is 1. The third-order valence-corrected chi connectivity index (χ3v) is 5.32. The maximum Gasteiger partial charge on any atom is 0.347 e. The minimum absolute atomic E-state index is 0.168. The van der Waals surface area contributed by atoms with Crippen molar-refractivity contribution in [1.29, 1.82) is 0 Å². The fourth-order valence-electron chi connectivity index (χ4n) is 2.78. The van der Waals surface area contributed by atoms with Crippen molar-refractivity contribution in [2.45, 2.75) is 37.3 Å². The molecule has 0 atom stereocenters. The van der Waals surface area contributed by atoms with Gasteiger partial charge >= 0.3 is 11.7 Å². The number of carboxylic acids is 1. The molecule has 0 aliphatic heterocycles. The first kappa shape index (κ1) is 21.4. The van der Waals surface area contributed by atoms with Gasteiger partial charge in [-0.1, -0.05) is 23.9 Å². The average Bonchev–Trinajstić information content (AvgIpc) is 2.71. The van der Waals surface area contributed by atoms with Crippen molar-refractivity contribution >= 4 is 17.7 Å². The molecule has 0 aliphatic carbocycles. The molecule has 0 amide bonds. The fraction of sp³-hybridized carbons (Fsp3) is 0.250. The number of halogens is 1. The lowest BCUT2D eigenvalue weighted by Crippen LogP contribution is -2.24. The van der Waals surface area contributed by atoms with Crippen LogP contribution in [0.2, 0.25) is 0 Å². The summed E-state index contributed by atoms with van der Waals surface area (Å²) in [6.07, 6.45) is 4.65. The van der Waals surface area contributed by atoms with Crippen LogP contribution in [0.15, 0.2) is 57.6 Å². The average molecular weight is 430 g/mol. The molecule has 0 aliphatic rings. The SMILES string of the molecule is CCn1cc(Cc2cn(CC(=O)O)c(SCc3ccc(F)cc3)nc2=O)cnc1=O. The lowest BCUT2D eigenvalue weighted by atomic mass is 10.1. The van der Waals surface area contributed by atoms with E-state index in [2.05, 4.69) is 9.97 Å². The maximum atomic E-state index is 13.1. The van der Waals surface area contributed by atoms with Crippen molar-refractivity contribution in [2.24, 2.45) is 0 Å². The van der Waals surface area contributed by atoms with Crippen molar-refractivity contribution in [1.82, 2.24) is 19.1 Å². The highest BCUT2D eigenvalue weighted by molar-refractivity contribution is 7.98. The number of nitrogens with zero attached hydrogens (tertiary/aromatic N) is 4. The van der Waals surface area contributed by atoms with Gasteiger partial charge in [0, 0.05) is 42.9 Å². The zero-order valence-corrected chi connectivity index (χ0v) is 16.9. The summed E-state index contributed by atoms with van der Waals surface area (Å²) >= 11 is 1.19. The summed E-state index contributed by atoms with van der Waals surface area (Å²) in [5.41, 5.74) is 0.895. The Kier molecular flexibility index (Phi) is 6.78. The maximum absolute atomic E-state index is 13.1. The number of aliphatic carboxylic acids is 1. The molecular formula is C20H19FN4O4S. The number of carbonyl (C=O) groups is 1. The van der Waals surface area contributed by atoms with Gasteiger partial charge in [0.05, 0.1) is 0 Å². The van der Waals surface area contributed by atoms with Crippen LogP contribution in [0.5, 0.6) is 0 Å². The predicted octanol–water partition coefficient (Wildman–Crippen LogP) is 1.93. The van der Waals surface area contributed by atoms with Crippen LogP contribution < -0.4 is 11.2 Å². The third-order valence-electron chi connectivity index (χ3n) is 4.26. The molecule has 0 bridgehead atoms. The lowest BCUT2D eigenvalue weighted by Gasteiger charge is -2.12. The lowest BCUT2D eigenvalue weighted by molar-refractivity contribution is -0.137. The molecule has 2 heterocycles. The Morgan fingerprint density at radius 1 is 1.13 bits per heavy atom. The minimum atomic E-state index is -1.07. The number of aromatic nitrogens is 4. The molecule has 3 rings (SSSR count). The topological polar surface area (TPSA) is 107 Å². The zero-order chi connectivity index (χ0) is 21.7. The van der Waals surface area contributed by atoms with Gasteiger partial charge in [0.1, 0.15) is 12.4 Å². The minimum Gasteiger partial charge on any atom is -0.480 e. The van der Waals surface area contributed by atoms with E-state index in [9.17, 15) is 23.9 Å². The van der Waals surface area contributed by atoms with Gasteiger partial charge in [0.15, 0.2) is 5.16 Å². The Morgan fingerprint density at radius 2 is 1.87 bits per heavy atom. The molecule has 0 unspecified atom stereocenters. The van der Waals surface area contributed by atoms with Crippen LogP contribution in [-0.4, -0.2) is 30.2 Å². The smallest absolute Gasteiger partial charge is 0.347 e. The summed E-state index contributed by atoms with van der Waals surface area (Å²) in [5.74, 6) is -1.02. The second kappa shape index (κ2) is 9.49. The molecule has 0 saturated heterocycles. The molecule has 10 heteroatoms. The van der Waals surface area contributed by atoms with Crippen LogP contribution in [-0.2, 0) is 30.1 Å². The van der Waals surface area contributed by atoms with Gasteiger partial charge in [0.25, 0.3) is 5.56 Å². The number of benzene rings is 1. The highest BCUT2D eigenvalue weighted by Gasteiger charge is 2.13. The van der Waals surface area contributed by atoms with Gasteiger partial charge in [-0.15, -0.1) is 0 Å². The molecular weight excluding hydrogens is 411 g/mol. The quantitative estimate of drug-likeness (QED) is 0.430. The van der Waals surface area contributed by atoms with Gasteiger partial charge < -0.3 is 9.67 Å². The van der Waals surface area contributed by atoms with E-state index in [0.717, 1.165) is 5.56 Å². The van der Waals surface area contributed by atoms with Crippen LogP contribution in [0, 0.1) is 5.82 Å². The Bertz CT molecular complexity index is 1170. The summed E-state index contributed by atoms with van der Waals surface area (Å²) in [4.78, 5) is 43.3. The molecule has 0 fully saturated rings. The molecule has 156 valence electrons. The Balaban J connectivity index is 1.88. The second-order valence-electron chi connectivity index (χ2n) is 6.50. The van der Waals surface area contributed by atoms with Crippen molar-refractivity contribution in [3.8, 4) is 0 Å². The number of hydrogen-bond acceptors (Lipinski definition) is 6. The van der Waals surface area contributed by atoms with E-state index in [1.807, 2.05) is 0 Å². The summed E-state index contributed by atoms with van der Waals surface area (Å²) in [6, 6.07) is 5.90. The highest BCUT2D eigenvalue weighted by atomic mass is 32.2. The van der Waals surface area contributed by atoms with Gasteiger partial charge in [-0.2, -0.15) is 4.98 Å². The molecule has 0 radical (unpaired) electrons. The molecule has 3 aromatic rings. The molecule has 2 aromatic heterocycles. The summed E-state index contributed by atoms with van der Waals surface area (Å²) in [7, 11) is 0. The van der Waals surface area contributed by atoms with Crippen molar-refractivity contribution in [2.75, 3.05) is 0 Å². The first-order chi connectivity index (χ1) is 14.4. The van der Waals surface area contributed by atoms with Crippen molar-refractivity contribution < 1.29 is 14.3 Å². The van der Waals surface area contributed by atoms with E-state index in [1.165, 1.54) is 45.4 Å². The van der Waals surface area contributed by atoms with Gasteiger partial charge in [0.2, 0.25) is 0 Å². The van der Waals surface area contributed by atoms with Crippen LogP contribution in [0.3, 0.4) is 0 Å². The second-order valence-corrected chi connectivity index (χ2v) is 7.44. The normalized spacial score (nSPS) is 10.9. The molecule has 30 heavy (non-hydrogen) atoms. The molecule has 0 spiro atoms. The number of aryl methyl sites for hydroxylation is 1. The fourth-order valence-corrected chi connectivity index (χ4v) is 3.70. The van der Waals surface area contributed by atoms with Gasteiger partial charge in [-0.25, -0.2) is 14.2 Å². The Morgan fingerprint density at radius 3 is 2.53 bits per heavy atom.